The Morgan fingerprint density at radius 1 is 1.14 bits per heavy atom. The van der Waals surface area contributed by atoms with Gasteiger partial charge in [0.05, 0.1) is 30.1 Å². The summed E-state index contributed by atoms with van der Waals surface area (Å²) in [7, 11) is 0. The van der Waals surface area contributed by atoms with Crippen LogP contribution >= 0.6 is 11.6 Å². The maximum absolute atomic E-state index is 13.2. The second kappa shape index (κ2) is 11.2. The van der Waals surface area contributed by atoms with Crippen molar-refractivity contribution in [3.63, 3.8) is 0 Å². The van der Waals surface area contributed by atoms with Crippen LogP contribution in [0.1, 0.15) is 49.8 Å². The molecule has 1 atom stereocenters. The number of amides is 1. The van der Waals surface area contributed by atoms with Crippen LogP contribution in [0.2, 0.25) is 5.15 Å². The van der Waals surface area contributed by atoms with Crippen LogP contribution in [0.3, 0.4) is 0 Å². The molecule has 2 aromatic carbocycles. The third-order valence-electron chi connectivity index (χ3n) is 6.43. The number of furan rings is 1. The predicted octanol–water partition coefficient (Wildman–Crippen LogP) is 6.39. The quantitative estimate of drug-likeness (QED) is 0.205. The first-order valence-corrected chi connectivity index (χ1v) is 12.8. The summed E-state index contributed by atoms with van der Waals surface area (Å²) >= 11 is 6.70. The van der Waals surface area contributed by atoms with Gasteiger partial charge in [-0.25, -0.2) is 9.99 Å². The van der Waals surface area contributed by atoms with E-state index in [1.807, 2.05) is 67.6 Å². The molecule has 8 heteroatoms. The molecule has 7 nitrogen and oxygen atoms in total. The highest BCUT2D eigenvalue weighted by atomic mass is 35.5. The van der Waals surface area contributed by atoms with Gasteiger partial charge in [-0.3, -0.25) is 4.79 Å². The zero-order valence-corrected chi connectivity index (χ0v) is 21.3. The average molecular weight is 518 g/mol. The maximum Gasteiger partial charge on any atom is 0.243 e. The third kappa shape index (κ3) is 5.38. The Morgan fingerprint density at radius 2 is 1.95 bits per heavy atom. The number of nitrogens with zero attached hydrogens (tertiary/aromatic N) is 3. The molecule has 3 heterocycles. The molecule has 0 aliphatic carbocycles. The van der Waals surface area contributed by atoms with E-state index in [0.29, 0.717) is 37.4 Å². The number of fused-ring (bicyclic) bond motifs is 1. The van der Waals surface area contributed by atoms with E-state index in [-0.39, 0.29) is 18.6 Å². The van der Waals surface area contributed by atoms with Gasteiger partial charge >= 0.3 is 0 Å². The number of hydrogen-bond donors (Lipinski definition) is 1. The number of hydrazone groups is 1. The molecule has 190 valence electrons. The van der Waals surface area contributed by atoms with Gasteiger partial charge in [-0.1, -0.05) is 35.9 Å². The summed E-state index contributed by atoms with van der Waals surface area (Å²) in [5, 5.41) is 16.7. The van der Waals surface area contributed by atoms with Crippen LogP contribution in [0.25, 0.3) is 22.2 Å². The molecule has 1 aliphatic rings. The van der Waals surface area contributed by atoms with Crippen LogP contribution in [-0.4, -0.2) is 39.9 Å². The van der Waals surface area contributed by atoms with E-state index in [2.05, 4.69) is 4.98 Å². The van der Waals surface area contributed by atoms with Gasteiger partial charge in [-0.2, -0.15) is 5.10 Å². The Balaban J connectivity index is 1.47. The molecule has 4 aromatic rings. The van der Waals surface area contributed by atoms with Gasteiger partial charge in [0.1, 0.15) is 16.7 Å². The number of aromatic nitrogens is 1. The van der Waals surface area contributed by atoms with Crippen LogP contribution in [-0.2, 0) is 4.79 Å². The number of ether oxygens (including phenoxy) is 1. The van der Waals surface area contributed by atoms with Crippen molar-refractivity contribution >= 4 is 34.1 Å². The van der Waals surface area contributed by atoms with Crippen LogP contribution in [0.15, 0.2) is 76.4 Å². The van der Waals surface area contributed by atoms with Gasteiger partial charge in [-0.15, -0.1) is 0 Å². The first-order valence-electron chi connectivity index (χ1n) is 12.4. The molecular weight excluding hydrogens is 490 g/mol. The van der Waals surface area contributed by atoms with Crippen molar-refractivity contribution in [3.05, 3.63) is 83.2 Å². The second-order valence-electron chi connectivity index (χ2n) is 8.90. The lowest BCUT2D eigenvalue weighted by Gasteiger charge is -2.23. The Labute approximate surface area is 220 Å². The van der Waals surface area contributed by atoms with E-state index in [1.54, 1.807) is 6.26 Å². The lowest BCUT2D eigenvalue weighted by atomic mass is 9.97. The number of halogens is 1. The first-order chi connectivity index (χ1) is 18.1. The minimum Gasteiger partial charge on any atom is -0.494 e. The molecule has 0 spiro atoms. The molecule has 37 heavy (non-hydrogen) atoms. The van der Waals surface area contributed by atoms with Crippen LogP contribution in [0, 0.1) is 0 Å². The highest BCUT2D eigenvalue weighted by Gasteiger charge is 2.34. The molecule has 2 aromatic heterocycles. The van der Waals surface area contributed by atoms with Crippen LogP contribution in [0.4, 0.5) is 0 Å². The molecule has 1 N–H and O–H groups in total. The Kier molecular flexibility index (Phi) is 7.53. The minimum atomic E-state index is -0.377. The lowest BCUT2D eigenvalue weighted by molar-refractivity contribution is -0.133. The molecule has 1 unspecified atom stereocenters. The molecule has 1 aliphatic heterocycles. The van der Waals surface area contributed by atoms with Gasteiger partial charge in [0.15, 0.2) is 0 Å². The summed E-state index contributed by atoms with van der Waals surface area (Å²) in [6.45, 7) is 2.55. The first kappa shape index (κ1) is 25.0. The van der Waals surface area contributed by atoms with E-state index >= 15 is 0 Å². The number of benzene rings is 2. The Morgan fingerprint density at radius 3 is 2.68 bits per heavy atom. The fourth-order valence-corrected chi connectivity index (χ4v) is 4.83. The SMILES string of the molecule is CCOc1ccc2cc(C3CC(c4ccc(-c5ccco5)cc4)=NN3C(=O)CCCCO)c(Cl)nc2c1. The molecule has 0 fully saturated rings. The number of aliphatic hydroxyl groups excluding tert-OH is 1. The number of unbranched alkanes of at least 4 members (excludes halogenated alkanes) is 1. The minimum absolute atomic E-state index is 0.0530. The fraction of sp³-hybridized carbons (Fsp3) is 0.276. The molecular formula is C29H28ClN3O4. The highest BCUT2D eigenvalue weighted by molar-refractivity contribution is 6.30. The number of carbonyl (C=O) groups excluding carboxylic acids is 1. The van der Waals surface area contributed by atoms with Crippen LogP contribution < -0.4 is 4.74 Å². The van der Waals surface area contributed by atoms with Crippen LogP contribution in [0.5, 0.6) is 5.75 Å². The van der Waals surface area contributed by atoms with Crippen molar-refractivity contribution in [3.8, 4) is 17.1 Å². The molecule has 0 saturated carbocycles. The standard InChI is InChI=1S/C29H28ClN3O4/c1-2-36-22-13-12-21-16-23(29(30)31-24(21)17-22)26-18-25(32-33(26)28(35)7-3-4-14-34)19-8-10-20(11-9-19)27-6-5-15-37-27/h5-6,8-13,15-17,26,34H,2-4,7,14,18H2,1H3. The van der Waals surface area contributed by atoms with E-state index < -0.39 is 0 Å². The van der Waals surface area contributed by atoms with Crippen molar-refractivity contribution in [2.75, 3.05) is 13.2 Å². The van der Waals surface area contributed by atoms with E-state index in [1.165, 1.54) is 5.01 Å². The average Bonchev–Trinajstić information content (AvgIpc) is 3.60. The Hall–Kier alpha value is -3.68. The van der Waals surface area contributed by atoms with Crippen molar-refractivity contribution in [2.24, 2.45) is 5.10 Å². The summed E-state index contributed by atoms with van der Waals surface area (Å²) in [5.41, 5.74) is 4.17. The predicted molar refractivity (Wildman–Crippen MR) is 144 cm³/mol. The normalized spacial score (nSPS) is 15.3. The lowest BCUT2D eigenvalue weighted by Crippen LogP contribution is -2.27. The topological polar surface area (TPSA) is 88.2 Å². The number of carbonyl (C=O) groups is 1. The summed E-state index contributed by atoms with van der Waals surface area (Å²) in [4.78, 5) is 17.8. The molecule has 1 amide bonds. The monoisotopic (exact) mass is 517 g/mol. The second-order valence-corrected chi connectivity index (χ2v) is 9.25. The van der Waals surface area contributed by atoms with E-state index in [9.17, 15) is 4.79 Å². The molecule has 0 radical (unpaired) electrons. The number of aliphatic hydroxyl groups is 1. The molecule has 0 bridgehead atoms. The summed E-state index contributed by atoms with van der Waals surface area (Å²) < 4.78 is 11.1. The van der Waals surface area contributed by atoms with Gasteiger partial charge in [-0.05, 0) is 55.7 Å². The van der Waals surface area contributed by atoms with Crippen molar-refractivity contribution in [1.82, 2.24) is 9.99 Å². The van der Waals surface area contributed by atoms with Crippen molar-refractivity contribution < 1.29 is 19.1 Å². The van der Waals surface area contributed by atoms with Gasteiger partial charge in [0.25, 0.3) is 0 Å². The maximum atomic E-state index is 13.2. The number of rotatable bonds is 9. The van der Waals surface area contributed by atoms with Gasteiger partial charge < -0.3 is 14.3 Å². The third-order valence-corrected chi connectivity index (χ3v) is 6.73. The summed E-state index contributed by atoms with van der Waals surface area (Å²) in [6.07, 6.45) is 3.60. The van der Waals surface area contributed by atoms with Crippen molar-refractivity contribution in [1.29, 1.82) is 0 Å². The molecule has 0 saturated heterocycles. The summed E-state index contributed by atoms with van der Waals surface area (Å²) in [6, 6.07) is 19.0. The number of pyridine rings is 1. The zero-order chi connectivity index (χ0) is 25.8. The zero-order valence-electron chi connectivity index (χ0n) is 20.6. The van der Waals surface area contributed by atoms with E-state index in [0.717, 1.165) is 44.8 Å². The van der Waals surface area contributed by atoms with Gasteiger partial charge in [0, 0.05) is 42.0 Å². The fourth-order valence-electron chi connectivity index (χ4n) is 4.56. The smallest absolute Gasteiger partial charge is 0.243 e. The van der Waals surface area contributed by atoms with E-state index in [4.69, 9.17) is 31.0 Å². The van der Waals surface area contributed by atoms with Crippen molar-refractivity contribution in [2.45, 2.75) is 38.6 Å². The summed E-state index contributed by atoms with van der Waals surface area (Å²) in [5.74, 6) is 1.42. The number of hydrogen-bond acceptors (Lipinski definition) is 6. The molecule has 5 rings (SSSR count). The van der Waals surface area contributed by atoms with Gasteiger partial charge in [0.2, 0.25) is 5.91 Å². The largest absolute Gasteiger partial charge is 0.494 e. The highest BCUT2D eigenvalue weighted by Crippen LogP contribution is 2.38. The Bertz CT molecular complexity index is 1420.